The van der Waals surface area contributed by atoms with Gasteiger partial charge in [-0.05, 0) is 38.5 Å². The minimum Gasteiger partial charge on any atom is -0.0999 e. The van der Waals surface area contributed by atoms with Gasteiger partial charge < -0.3 is 0 Å². The molecule has 0 radical (unpaired) electrons. The van der Waals surface area contributed by atoms with E-state index in [9.17, 15) is 0 Å². The minimum absolute atomic E-state index is 0. The first kappa shape index (κ1) is 10.3. The van der Waals surface area contributed by atoms with E-state index < -0.39 is 0 Å². The molecule has 0 saturated heterocycles. The van der Waals surface area contributed by atoms with Gasteiger partial charge in [-0.1, -0.05) is 42.9 Å². The van der Waals surface area contributed by atoms with E-state index in [1.807, 2.05) is 0 Å². The summed E-state index contributed by atoms with van der Waals surface area (Å²) in [5, 5.41) is 0. The van der Waals surface area contributed by atoms with Crippen molar-refractivity contribution < 1.29 is 1.43 Å². The molecule has 0 heteroatoms. The van der Waals surface area contributed by atoms with Crippen LogP contribution in [0.4, 0.5) is 0 Å². The third-order valence-electron chi connectivity index (χ3n) is 2.78. The van der Waals surface area contributed by atoms with Crippen LogP contribution in [0, 0.1) is 5.92 Å². The summed E-state index contributed by atoms with van der Waals surface area (Å²) >= 11 is 0. The van der Waals surface area contributed by atoms with Crippen molar-refractivity contribution in [3.8, 4) is 0 Å². The molecule has 1 unspecified atom stereocenters. The molecule has 1 aliphatic carbocycles. The molecule has 0 aromatic heterocycles. The molecule has 1 aliphatic rings. The minimum atomic E-state index is 0. The average Bonchev–Trinajstić information content (AvgIpc) is 2.15. The third-order valence-corrected chi connectivity index (χ3v) is 2.78. The van der Waals surface area contributed by atoms with Crippen LogP contribution in [0.2, 0.25) is 0 Å². The molecule has 0 saturated carbocycles. The van der Waals surface area contributed by atoms with Crippen LogP contribution in [0.3, 0.4) is 0 Å². The van der Waals surface area contributed by atoms with E-state index in [0.717, 1.165) is 0 Å². The zero-order valence-corrected chi connectivity index (χ0v) is 8.84. The Morgan fingerprint density at radius 3 is 2.92 bits per heavy atom. The van der Waals surface area contributed by atoms with Crippen LogP contribution < -0.4 is 0 Å². The molecule has 0 aliphatic heterocycles. The standard InChI is InChI=1S/C13H20.H2/c1-11(2)12(3)9-10-13-7-5-4-6-8-13;/h5,7-8,12H,1,4,6,9-10H2,2-3H3;1H. The van der Waals surface area contributed by atoms with Gasteiger partial charge in [0.05, 0.1) is 0 Å². The quantitative estimate of drug-likeness (QED) is 0.556. The highest BCUT2D eigenvalue weighted by atomic mass is 14.1. The number of hydrogen-bond acceptors (Lipinski definition) is 0. The van der Waals surface area contributed by atoms with Crippen LogP contribution in [-0.2, 0) is 0 Å². The second-order valence-corrected chi connectivity index (χ2v) is 4.04. The fourth-order valence-electron chi connectivity index (χ4n) is 1.48. The van der Waals surface area contributed by atoms with Crippen molar-refractivity contribution in [2.45, 2.75) is 39.5 Å². The molecule has 1 rings (SSSR count). The van der Waals surface area contributed by atoms with Crippen LogP contribution in [0.1, 0.15) is 41.0 Å². The molecule has 0 aromatic carbocycles. The molecule has 0 nitrogen and oxygen atoms in total. The zero-order valence-electron chi connectivity index (χ0n) is 8.84. The summed E-state index contributed by atoms with van der Waals surface area (Å²) in [7, 11) is 0. The van der Waals surface area contributed by atoms with E-state index in [-0.39, 0.29) is 1.43 Å². The van der Waals surface area contributed by atoms with E-state index in [4.69, 9.17) is 0 Å². The van der Waals surface area contributed by atoms with Crippen LogP contribution in [0.15, 0.2) is 36.0 Å². The van der Waals surface area contributed by atoms with Crippen molar-refractivity contribution in [1.82, 2.24) is 0 Å². The summed E-state index contributed by atoms with van der Waals surface area (Å²) in [6.07, 6.45) is 11.8. The summed E-state index contributed by atoms with van der Waals surface area (Å²) in [5.41, 5.74) is 2.82. The molecule has 13 heavy (non-hydrogen) atoms. The van der Waals surface area contributed by atoms with Gasteiger partial charge in [0.25, 0.3) is 0 Å². The molecule has 0 amide bonds. The second kappa shape index (κ2) is 5.06. The Morgan fingerprint density at radius 2 is 2.38 bits per heavy atom. The Bertz CT molecular complexity index is 236. The van der Waals surface area contributed by atoms with Crippen molar-refractivity contribution in [3.63, 3.8) is 0 Å². The highest BCUT2D eigenvalue weighted by molar-refractivity contribution is 5.22. The molecule has 0 spiro atoms. The number of rotatable bonds is 4. The molecule has 0 heterocycles. The first-order valence-corrected chi connectivity index (χ1v) is 5.21. The van der Waals surface area contributed by atoms with Crippen LogP contribution in [0.25, 0.3) is 0 Å². The molecule has 1 atom stereocenters. The Kier molecular flexibility index (Phi) is 4.01. The van der Waals surface area contributed by atoms with Gasteiger partial charge >= 0.3 is 0 Å². The zero-order chi connectivity index (χ0) is 9.68. The monoisotopic (exact) mass is 178 g/mol. The topological polar surface area (TPSA) is 0 Å². The summed E-state index contributed by atoms with van der Waals surface area (Å²) in [6.45, 7) is 8.36. The van der Waals surface area contributed by atoms with E-state index >= 15 is 0 Å². The Labute approximate surface area is 83.5 Å². The van der Waals surface area contributed by atoms with Gasteiger partial charge in [-0.2, -0.15) is 0 Å². The van der Waals surface area contributed by atoms with Gasteiger partial charge in [0, 0.05) is 1.43 Å². The van der Waals surface area contributed by atoms with Crippen LogP contribution >= 0.6 is 0 Å². The van der Waals surface area contributed by atoms with E-state index in [1.54, 1.807) is 0 Å². The van der Waals surface area contributed by atoms with Gasteiger partial charge in [-0.3, -0.25) is 0 Å². The van der Waals surface area contributed by atoms with Crippen molar-refractivity contribution in [2.24, 2.45) is 5.92 Å². The molecule has 0 N–H and O–H groups in total. The lowest BCUT2D eigenvalue weighted by molar-refractivity contribution is 0.615. The molecular formula is C13H22. The van der Waals surface area contributed by atoms with Gasteiger partial charge in [-0.25, -0.2) is 0 Å². The molecule has 0 fully saturated rings. The smallest absolute Gasteiger partial charge is 0 e. The van der Waals surface area contributed by atoms with E-state index in [2.05, 4.69) is 38.7 Å². The first-order chi connectivity index (χ1) is 6.20. The maximum absolute atomic E-state index is 3.98. The van der Waals surface area contributed by atoms with E-state index in [0.29, 0.717) is 5.92 Å². The average molecular weight is 178 g/mol. The summed E-state index contributed by atoms with van der Waals surface area (Å²) < 4.78 is 0. The predicted octanol–water partition coefficient (Wildman–Crippen LogP) is 4.50. The lowest BCUT2D eigenvalue weighted by Gasteiger charge is -2.12. The normalized spacial score (nSPS) is 18.2. The molecular weight excluding hydrogens is 156 g/mol. The van der Waals surface area contributed by atoms with Crippen molar-refractivity contribution >= 4 is 0 Å². The molecule has 0 bridgehead atoms. The summed E-state index contributed by atoms with van der Waals surface area (Å²) in [4.78, 5) is 0. The highest BCUT2D eigenvalue weighted by Crippen LogP contribution is 2.20. The highest BCUT2D eigenvalue weighted by Gasteiger charge is 2.04. The molecule has 74 valence electrons. The second-order valence-electron chi connectivity index (χ2n) is 4.04. The lowest BCUT2D eigenvalue weighted by Crippen LogP contribution is -1.96. The maximum Gasteiger partial charge on any atom is 0 e. The number of allylic oxidation sites excluding steroid dienone is 5. The summed E-state index contributed by atoms with van der Waals surface area (Å²) in [5.74, 6) is 0.663. The third kappa shape index (κ3) is 3.63. The van der Waals surface area contributed by atoms with Crippen molar-refractivity contribution in [2.75, 3.05) is 0 Å². The molecule has 0 aromatic rings. The van der Waals surface area contributed by atoms with Crippen molar-refractivity contribution in [3.05, 3.63) is 36.0 Å². The Morgan fingerprint density at radius 1 is 1.62 bits per heavy atom. The number of hydrogen-bond donors (Lipinski definition) is 0. The predicted molar refractivity (Wildman–Crippen MR) is 61.8 cm³/mol. The van der Waals surface area contributed by atoms with Gasteiger partial charge in [-0.15, -0.1) is 0 Å². The Hall–Kier alpha value is -0.780. The van der Waals surface area contributed by atoms with E-state index in [1.165, 1.54) is 36.8 Å². The Balaban J connectivity index is 0.00000169. The van der Waals surface area contributed by atoms with Gasteiger partial charge in [0.2, 0.25) is 0 Å². The van der Waals surface area contributed by atoms with Crippen molar-refractivity contribution in [1.29, 1.82) is 0 Å². The largest absolute Gasteiger partial charge is 0.0999 e. The van der Waals surface area contributed by atoms with Crippen LogP contribution in [0.5, 0.6) is 0 Å². The fraction of sp³-hybridized carbons (Fsp3) is 0.538. The summed E-state index contributed by atoms with van der Waals surface area (Å²) in [6, 6.07) is 0. The van der Waals surface area contributed by atoms with Crippen LogP contribution in [-0.4, -0.2) is 0 Å². The first-order valence-electron chi connectivity index (χ1n) is 5.21. The van der Waals surface area contributed by atoms with Gasteiger partial charge in [0.1, 0.15) is 0 Å². The SMILES string of the molecule is C=C(C)C(C)CCC1=CCCC=C1.[HH]. The van der Waals surface area contributed by atoms with Gasteiger partial charge in [0.15, 0.2) is 0 Å². The fourth-order valence-corrected chi connectivity index (χ4v) is 1.48. The lowest BCUT2D eigenvalue weighted by atomic mass is 9.94. The maximum atomic E-state index is 3.98.